The zero-order valence-electron chi connectivity index (χ0n) is 15.6. The van der Waals surface area contributed by atoms with Gasteiger partial charge in [0.05, 0.1) is 12.2 Å². The van der Waals surface area contributed by atoms with E-state index in [0.29, 0.717) is 48.9 Å². The fraction of sp³-hybridized carbons (Fsp3) is 0.250. The Bertz CT molecular complexity index is 1040. The van der Waals surface area contributed by atoms with Crippen LogP contribution >= 0.6 is 11.6 Å². The van der Waals surface area contributed by atoms with E-state index in [2.05, 4.69) is 25.7 Å². The van der Waals surface area contributed by atoms with Gasteiger partial charge in [-0.05, 0) is 36.6 Å². The van der Waals surface area contributed by atoms with Gasteiger partial charge in [0.25, 0.3) is 11.8 Å². The Morgan fingerprint density at radius 1 is 1.21 bits per heavy atom. The van der Waals surface area contributed by atoms with Gasteiger partial charge in [0.2, 0.25) is 0 Å². The summed E-state index contributed by atoms with van der Waals surface area (Å²) in [4.78, 5) is 26.8. The van der Waals surface area contributed by atoms with E-state index in [9.17, 15) is 9.59 Å². The van der Waals surface area contributed by atoms with Crippen LogP contribution in [0, 0.1) is 0 Å². The molecular formula is C20H19ClN6O2. The molecule has 2 aromatic heterocycles. The van der Waals surface area contributed by atoms with Crippen LogP contribution in [0.3, 0.4) is 0 Å². The van der Waals surface area contributed by atoms with E-state index in [0.717, 1.165) is 16.8 Å². The second kappa shape index (κ2) is 8.40. The highest BCUT2D eigenvalue weighted by Crippen LogP contribution is 2.21. The van der Waals surface area contributed by atoms with Crippen molar-refractivity contribution in [2.24, 2.45) is 0 Å². The molecule has 0 unspecified atom stereocenters. The molecule has 0 atom stereocenters. The molecule has 8 nitrogen and oxygen atoms in total. The molecule has 0 fully saturated rings. The standard InChI is InChI=1S/C20H19ClN6O2/c21-15-5-2-1-4-13(15)7-10-22-19(28)18-14-8-11-27(12-17(14)25-26-18)20(29)16-6-3-9-23-24-16/h1-6,9H,7-8,10-12H2,(H,22,28)(H,25,26). The fourth-order valence-corrected chi connectivity index (χ4v) is 3.58. The number of carbonyl (C=O) groups is 2. The highest BCUT2D eigenvalue weighted by molar-refractivity contribution is 6.31. The van der Waals surface area contributed by atoms with Crippen molar-refractivity contribution in [1.82, 2.24) is 30.6 Å². The summed E-state index contributed by atoms with van der Waals surface area (Å²) >= 11 is 6.15. The molecule has 2 amide bonds. The van der Waals surface area contributed by atoms with E-state index in [1.165, 1.54) is 6.20 Å². The summed E-state index contributed by atoms with van der Waals surface area (Å²) in [5.74, 6) is -0.424. The number of rotatable bonds is 5. The molecule has 0 aliphatic carbocycles. The third kappa shape index (κ3) is 4.12. The van der Waals surface area contributed by atoms with Gasteiger partial charge in [-0.25, -0.2) is 0 Å². The number of fused-ring (bicyclic) bond motifs is 1. The molecule has 4 rings (SSSR count). The zero-order chi connectivity index (χ0) is 20.2. The SMILES string of the molecule is O=C(NCCc1ccccc1Cl)c1n[nH]c2c1CCN(C(=O)c1cccnn1)C2. The molecule has 3 heterocycles. The van der Waals surface area contributed by atoms with Gasteiger partial charge in [0.1, 0.15) is 0 Å². The van der Waals surface area contributed by atoms with Crippen LogP contribution in [0.15, 0.2) is 42.6 Å². The molecule has 0 bridgehead atoms. The number of hydrogen-bond donors (Lipinski definition) is 2. The maximum Gasteiger partial charge on any atom is 0.274 e. The first-order valence-corrected chi connectivity index (χ1v) is 9.66. The number of halogens is 1. The first-order valence-electron chi connectivity index (χ1n) is 9.28. The van der Waals surface area contributed by atoms with Crippen molar-refractivity contribution in [1.29, 1.82) is 0 Å². The molecule has 1 aliphatic heterocycles. The Morgan fingerprint density at radius 3 is 2.86 bits per heavy atom. The van der Waals surface area contributed by atoms with E-state index in [4.69, 9.17) is 11.6 Å². The van der Waals surface area contributed by atoms with Crippen LogP contribution in [-0.4, -0.2) is 50.2 Å². The maximum absolute atomic E-state index is 12.6. The Kier molecular flexibility index (Phi) is 5.53. The van der Waals surface area contributed by atoms with Crippen LogP contribution in [0.2, 0.25) is 5.02 Å². The van der Waals surface area contributed by atoms with E-state index in [1.807, 2.05) is 24.3 Å². The molecular weight excluding hydrogens is 392 g/mol. The number of hydrogen-bond acceptors (Lipinski definition) is 5. The van der Waals surface area contributed by atoms with Gasteiger partial charge < -0.3 is 10.2 Å². The van der Waals surface area contributed by atoms with E-state index in [1.54, 1.807) is 17.0 Å². The summed E-state index contributed by atoms with van der Waals surface area (Å²) in [5.41, 5.74) is 3.28. The highest BCUT2D eigenvalue weighted by Gasteiger charge is 2.28. The van der Waals surface area contributed by atoms with Gasteiger partial charge in [-0.15, -0.1) is 5.10 Å². The number of benzene rings is 1. The average molecular weight is 411 g/mol. The molecule has 3 aromatic rings. The summed E-state index contributed by atoms with van der Waals surface area (Å²) in [6, 6.07) is 10.9. The second-order valence-electron chi connectivity index (χ2n) is 6.71. The molecule has 0 spiro atoms. The second-order valence-corrected chi connectivity index (χ2v) is 7.12. The summed E-state index contributed by atoms with van der Waals surface area (Å²) in [6.07, 6.45) is 2.71. The lowest BCUT2D eigenvalue weighted by molar-refractivity contribution is 0.0725. The van der Waals surface area contributed by atoms with Crippen LogP contribution in [-0.2, 0) is 19.4 Å². The maximum atomic E-state index is 12.6. The molecule has 1 aliphatic rings. The predicted octanol–water partition coefficient (Wildman–Crippen LogP) is 2.02. The van der Waals surface area contributed by atoms with Crippen molar-refractivity contribution >= 4 is 23.4 Å². The molecule has 0 saturated heterocycles. The van der Waals surface area contributed by atoms with Gasteiger partial charge in [-0.2, -0.15) is 10.2 Å². The molecule has 148 valence electrons. The van der Waals surface area contributed by atoms with Crippen LogP contribution in [0.5, 0.6) is 0 Å². The minimum atomic E-state index is -0.233. The van der Waals surface area contributed by atoms with Crippen molar-refractivity contribution < 1.29 is 9.59 Å². The molecule has 29 heavy (non-hydrogen) atoms. The number of nitrogens with zero attached hydrogens (tertiary/aromatic N) is 4. The minimum absolute atomic E-state index is 0.191. The fourth-order valence-electron chi connectivity index (χ4n) is 3.35. The number of amides is 2. The Balaban J connectivity index is 1.38. The van der Waals surface area contributed by atoms with Crippen molar-refractivity contribution in [2.75, 3.05) is 13.1 Å². The van der Waals surface area contributed by atoms with Gasteiger partial charge in [0, 0.05) is 29.9 Å². The normalized spacial score (nSPS) is 13.1. The van der Waals surface area contributed by atoms with Crippen LogP contribution in [0.25, 0.3) is 0 Å². The minimum Gasteiger partial charge on any atom is -0.350 e. The smallest absolute Gasteiger partial charge is 0.274 e. The van der Waals surface area contributed by atoms with E-state index in [-0.39, 0.29) is 11.8 Å². The number of aromatic nitrogens is 4. The summed E-state index contributed by atoms with van der Waals surface area (Å²) in [7, 11) is 0. The number of nitrogens with one attached hydrogen (secondary N) is 2. The quantitative estimate of drug-likeness (QED) is 0.669. The van der Waals surface area contributed by atoms with Crippen LogP contribution < -0.4 is 5.32 Å². The summed E-state index contributed by atoms with van der Waals surface area (Å²) < 4.78 is 0. The van der Waals surface area contributed by atoms with E-state index >= 15 is 0 Å². The molecule has 2 N–H and O–H groups in total. The lowest BCUT2D eigenvalue weighted by Crippen LogP contribution is -2.37. The third-order valence-corrected chi connectivity index (χ3v) is 5.23. The average Bonchev–Trinajstić information content (AvgIpc) is 3.18. The van der Waals surface area contributed by atoms with Crippen molar-refractivity contribution in [2.45, 2.75) is 19.4 Å². The molecule has 9 heteroatoms. The lowest BCUT2D eigenvalue weighted by atomic mass is 10.0. The van der Waals surface area contributed by atoms with Crippen molar-refractivity contribution in [3.63, 3.8) is 0 Å². The predicted molar refractivity (Wildman–Crippen MR) is 107 cm³/mol. The number of H-pyrrole nitrogens is 1. The Labute approximate surface area is 172 Å². The van der Waals surface area contributed by atoms with Crippen LogP contribution in [0.4, 0.5) is 0 Å². The van der Waals surface area contributed by atoms with Gasteiger partial charge in [0.15, 0.2) is 11.4 Å². The summed E-state index contributed by atoms with van der Waals surface area (Å²) in [5, 5.41) is 18.3. The molecule has 0 saturated carbocycles. The number of carbonyl (C=O) groups excluding carboxylic acids is 2. The first kappa shape index (κ1) is 19.1. The van der Waals surface area contributed by atoms with Gasteiger partial charge in [-0.3, -0.25) is 14.7 Å². The third-order valence-electron chi connectivity index (χ3n) is 4.86. The van der Waals surface area contributed by atoms with Crippen molar-refractivity contribution in [3.05, 3.63) is 75.8 Å². The zero-order valence-corrected chi connectivity index (χ0v) is 16.3. The van der Waals surface area contributed by atoms with E-state index < -0.39 is 0 Å². The van der Waals surface area contributed by atoms with Gasteiger partial charge >= 0.3 is 0 Å². The largest absolute Gasteiger partial charge is 0.350 e. The topological polar surface area (TPSA) is 104 Å². The number of aromatic amines is 1. The Hall–Kier alpha value is -3.26. The monoisotopic (exact) mass is 410 g/mol. The van der Waals surface area contributed by atoms with Crippen LogP contribution in [0.1, 0.15) is 37.8 Å². The summed E-state index contributed by atoms with van der Waals surface area (Å²) in [6.45, 7) is 1.30. The Morgan fingerprint density at radius 2 is 2.07 bits per heavy atom. The van der Waals surface area contributed by atoms with Gasteiger partial charge in [-0.1, -0.05) is 29.8 Å². The molecule has 1 aromatic carbocycles. The molecule has 0 radical (unpaired) electrons. The van der Waals surface area contributed by atoms with Crippen molar-refractivity contribution in [3.8, 4) is 0 Å². The lowest BCUT2D eigenvalue weighted by Gasteiger charge is -2.26. The first-order chi connectivity index (χ1) is 14.1. The highest BCUT2D eigenvalue weighted by atomic mass is 35.5.